The Kier molecular flexibility index (Phi) is 4.88. The molecule has 0 spiro atoms. The fourth-order valence-corrected chi connectivity index (χ4v) is 3.00. The Labute approximate surface area is 154 Å². The van der Waals surface area contributed by atoms with E-state index in [0.717, 1.165) is 26.2 Å². The van der Waals surface area contributed by atoms with Crippen LogP contribution in [0.4, 0.5) is 10.3 Å². The molecule has 3 aromatic rings. The molecule has 0 amide bonds. The van der Waals surface area contributed by atoms with Crippen molar-refractivity contribution in [1.29, 1.82) is 0 Å². The monoisotopic (exact) mass is 370 g/mol. The van der Waals surface area contributed by atoms with Gasteiger partial charge in [-0.25, -0.2) is 23.7 Å². The van der Waals surface area contributed by atoms with Gasteiger partial charge in [-0.1, -0.05) is 0 Å². The third-order valence-corrected chi connectivity index (χ3v) is 4.48. The van der Waals surface area contributed by atoms with Crippen LogP contribution in [0.3, 0.4) is 0 Å². The number of hydrogen-bond donors (Lipinski definition) is 0. The van der Waals surface area contributed by atoms with Crippen molar-refractivity contribution in [2.75, 3.05) is 37.6 Å². The molecule has 27 heavy (non-hydrogen) atoms. The summed E-state index contributed by atoms with van der Waals surface area (Å²) in [5, 5.41) is 8.52. The number of rotatable bonds is 5. The summed E-state index contributed by atoms with van der Waals surface area (Å²) in [6.45, 7) is 4.35. The Morgan fingerprint density at radius 1 is 1.04 bits per heavy atom. The summed E-state index contributed by atoms with van der Waals surface area (Å²) < 4.78 is 16.0. The van der Waals surface area contributed by atoms with Gasteiger partial charge < -0.3 is 4.90 Å². The van der Waals surface area contributed by atoms with E-state index < -0.39 is 5.82 Å². The summed E-state index contributed by atoms with van der Waals surface area (Å²) in [6.07, 6.45) is 5.81. The zero-order valence-electron chi connectivity index (χ0n) is 14.6. The molecule has 1 saturated heterocycles. The lowest BCUT2D eigenvalue weighted by atomic mass is 10.3. The molecule has 3 aromatic heterocycles. The van der Waals surface area contributed by atoms with Crippen LogP contribution in [0.1, 0.15) is 0 Å². The van der Waals surface area contributed by atoms with Gasteiger partial charge in [0.15, 0.2) is 11.6 Å². The van der Waals surface area contributed by atoms with Crippen molar-refractivity contribution in [3.8, 4) is 5.82 Å². The van der Waals surface area contributed by atoms with Gasteiger partial charge in [0.05, 0.1) is 18.9 Å². The molecule has 1 fully saturated rings. The molecule has 0 aromatic carbocycles. The second-order valence-corrected chi connectivity index (χ2v) is 6.23. The molecule has 10 heteroatoms. The first-order chi connectivity index (χ1) is 13.2. The van der Waals surface area contributed by atoms with Gasteiger partial charge in [0, 0.05) is 51.2 Å². The van der Waals surface area contributed by atoms with Crippen LogP contribution in [-0.4, -0.2) is 67.2 Å². The van der Waals surface area contributed by atoms with E-state index in [0.29, 0.717) is 24.9 Å². The molecule has 0 unspecified atom stereocenters. The summed E-state index contributed by atoms with van der Waals surface area (Å²) in [5.74, 6) is 0.714. The highest BCUT2D eigenvalue weighted by molar-refractivity contribution is 5.29. The van der Waals surface area contributed by atoms with Crippen molar-refractivity contribution in [3.05, 3.63) is 59.2 Å². The van der Waals surface area contributed by atoms with E-state index in [4.69, 9.17) is 0 Å². The topological polar surface area (TPSA) is 85.0 Å². The summed E-state index contributed by atoms with van der Waals surface area (Å²) >= 11 is 0. The molecule has 0 atom stereocenters. The third-order valence-electron chi connectivity index (χ3n) is 4.48. The smallest absolute Gasteiger partial charge is 0.266 e. The van der Waals surface area contributed by atoms with E-state index >= 15 is 0 Å². The van der Waals surface area contributed by atoms with E-state index in [9.17, 15) is 9.18 Å². The Morgan fingerprint density at radius 3 is 2.52 bits per heavy atom. The number of anilines is 1. The summed E-state index contributed by atoms with van der Waals surface area (Å²) in [5.41, 5.74) is -0.135. The molecule has 1 aliphatic rings. The zero-order valence-corrected chi connectivity index (χ0v) is 14.6. The van der Waals surface area contributed by atoms with Crippen molar-refractivity contribution < 1.29 is 4.39 Å². The highest BCUT2D eigenvalue weighted by atomic mass is 19.1. The Balaban J connectivity index is 1.34. The van der Waals surface area contributed by atoms with E-state index in [1.54, 1.807) is 29.2 Å². The maximum absolute atomic E-state index is 12.9. The first-order valence-electron chi connectivity index (χ1n) is 8.72. The quantitative estimate of drug-likeness (QED) is 0.633. The average Bonchev–Trinajstić information content (AvgIpc) is 3.23. The molecule has 9 nitrogen and oxygen atoms in total. The van der Waals surface area contributed by atoms with E-state index in [1.165, 1.54) is 23.1 Å². The number of halogens is 1. The minimum Gasteiger partial charge on any atom is -0.338 e. The summed E-state index contributed by atoms with van der Waals surface area (Å²) in [4.78, 5) is 24.4. The van der Waals surface area contributed by atoms with Gasteiger partial charge in [-0.3, -0.25) is 9.69 Å². The van der Waals surface area contributed by atoms with Crippen molar-refractivity contribution in [2.45, 2.75) is 6.54 Å². The van der Waals surface area contributed by atoms with Crippen molar-refractivity contribution >= 4 is 5.95 Å². The largest absolute Gasteiger partial charge is 0.338 e. The predicted molar refractivity (Wildman–Crippen MR) is 96.3 cm³/mol. The van der Waals surface area contributed by atoms with Crippen LogP contribution in [0.2, 0.25) is 0 Å². The van der Waals surface area contributed by atoms with Crippen LogP contribution in [-0.2, 0) is 6.54 Å². The standard InChI is InChI=1S/C17H19FN8O/c18-14-12-19-17(20-13-14)24-9-6-23(7-10-24)8-11-26-16(27)3-2-15(22-26)25-5-1-4-21-25/h1-5,12-13H,6-11H2. The van der Waals surface area contributed by atoms with Gasteiger partial charge in [-0.2, -0.15) is 5.10 Å². The summed E-state index contributed by atoms with van der Waals surface area (Å²) in [6, 6.07) is 4.97. The van der Waals surface area contributed by atoms with Crippen molar-refractivity contribution in [1.82, 2.24) is 34.4 Å². The third kappa shape index (κ3) is 4.00. The lowest BCUT2D eigenvalue weighted by Gasteiger charge is -2.34. The lowest BCUT2D eigenvalue weighted by molar-refractivity contribution is 0.241. The molecule has 0 saturated carbocycles. The van der Waals surface area contributed by atoms with Crippen LogP contribution in [0.25, 0.3) is 5.82 Å². The minimum absolute atomic E-state index is 0.135. The molecule has 0 bridgehead atoms. The first-order valence-corrected chi connectivity index (χ1v) is 8.72. The number of piperazine rings is 1. The molecule has 1 aliphatic heterocycles. The minimum atomic E-state index is -0.437. The van der Waals surface area contributed by atoms with Gasteiger partial charge in [0.2, 0.25) is 5.95 Å². The molecule has 0 N–H and O–H groups in total. The second kappa shape index (κ2) is 7.62. The molecule has 140 valence electrons. The van der Waals surface area contributed by atoms with Crippen LogP contribution in [0.15, 0.2) is 47.8 Å². The highest BCUT2D eigenvalue weighted by Crippen LogP contribution is 2.10. The van der Waals surface area contributed by atoms with Gasteiger partial charge in [0.1, 0.15) is 0 Å². The van der Waals surface area contributed by atoms with Crippen molar-refractivity contribution in [3.63, 3.8) is 0 Å². The lowest BCUT2D eigenvalue weighted by Crippen LogP contribution is -2.48. The number of nitrogens with zero attached hydrogens (tertiary/aromatic N) is 8. The molecular formula is C17H19FN8O. The SMILES string of the molecule is O=c1ccc(-n2cccn2)nn1CCN1CCN(c2ncc(F)cn2)CC1. The summed E-state index contributed by atoms with van der Waals surface area (Å²) in [7, 11) is 0. The molecule has 0 radical (unpaired) electrons. The fraction of sp³-hybridized carbons (Fsp3) is 0.353. The first kappa shape index (κ1) is 17.3. The molecular weight excluding hydrogens is 351 g/mol. The fourth-order valence-electron chi connectivity index (χ4n) is 3.00. The Bertz CT molecular complexity index is 932. The van der Waals surface area contributed by atoms with E-state index in [-0.39, 0.29) is 5.56 Å². The molecule has 4 heterocycles. The molecule has 0 aliphatic carbocycles. The van der Waals surface area contributed by atoms with Crippen molar-refractivity contribution in [2.24, 2.45) is 0 Å². The van der Waals surface area contributed by atoms with E-state index in [1.807, 2.05) is 4.90 Å². The Hall–Kier alpha value is -3.14. The molecule has 4 rings (SSSR count). The zero-order chi connectivity index (χ0) is 18.6. The Morgan fingerprint density at radius 2 is 1.81 bits per heavy atom. The number of aromatic nitrogens is 6. The highest BCUT2D eigenvalue weighted by Gasteiger charge is 2.19. The maximum atomic E-state index is 12.9. The normalized spacial score (nSPS) is 15.2. The van der Waals surface area contributed by atoms with Crippen LogP contribution in [0.5, 0.6) is 0 Å². The van der Waals surface area contributed by atoms with Crippen LogP contribution < -0.4 is 10.5 Å². The van der Waals surface area contributed by atoms with Gasteiger partial charge in [-0.15, -0.1) is 5.10 Å². The second-order valence-electron chi connectivity index (χ2n) is 6.23. The van der Waals surface area contributed by atoms with E-state index in [2.05, 4.69) is 25.1 Å². The predicted octanol–water partition coefficient (Wildman–Crippen LogP) is 0.180. The average molecular weight is 370 g/mol. The number of hydrogen-bond acceptors (Lipinski definition) is 7. The van der Waals surface area contributed by atoms with Gasteiger partial charge in [0.25, 0.3) is 5.56 Å². The maximum Gasteiger partial charge on any atom is 0.266 e. The van der Waals surface area contributed by atoms with Gasteiger partial charge in [-0.05, 0) is 12.1 Å². The van der Waals surface area contributed by atoms with Gasteiger partial charge >= 0.3 is 0 Å². The van der Waals surface area contributed by atoms with Crippen LogP contribution in [0, 0.1) is 5.82 Å². The van der Waals surface area contributed by atoms with Crippen LogP contribution >= 0.6 is 0 Å².